The van der Waals surface area contributed by atoms with Gasteiger partial charge in [0.05, 0.1) is 0 Å². The van der Waals surface area contributed by atoms with E-state index in [2.05, 4.69) is 29.2 Å². The van der Waals surface area contributed by atoms with Crippen molar-refractivity contribution in [1.82, 2.24) is 15.1 Å². The van der Waals surface area contributed by atoms with Gasteiger partial charge in [0.2, 0.25) is 0 Å². The zero-order valence-corrected chi connectivity index (χ0v) is 13.7. The fourth-order valence-corrected chi connectivity index (χ4v) is 3.83. The normalized spacial score (nSPS) is 26.2. The lowest BCUT2D eigenvalue weighted by atomic mass is 9.94. The average Bonchev–Trinajstić information content (AvgIpc) is 2.49. The van der Waals surface area contributed by atoms with Crippen molar-refractivity contribution in [3.63, 3.8) is 0 Å². The number of hydrogen-bond acceptors (Lipinski definition) is 3. The van der Waals surface area contributed by atoms with E-state index in [4.69, 9.17) is 0 Å². The van der Waals surface area contributed by atoms with E-state index in [1.807, 2.05) is 0 Å². The molecule has 20 heavy (non-hydrogen) atoms. The van der Waals surface area contributed by atoms with Crippen LogP contribution in [0.15, 0.2) is 0 Å². The highest BCUT2D eigenvalue weighted by molar-refractivity contribution is 4.77. The highest BCUT2D eigenvalue weighted by atomic mass is 15.2. The van der Waals surface area contributed by atoms with Crippen molar-refractivity contribution < 1.29 is 0 Å². The highest BCUT2D eigenvalue weighted by Gasteiger charge is 2.19. The Kier molecular flexibility index (Phi) is 7.32. The van der Waals surface area contributed by atoms with Crippen LogP contribution < -0.4 is 5.32 Å². The molecule has 1 unspecified atom stereocenters. The summed E-state index contributed by atoms with van der Waals surface area (Å²) in [7, 11) is 4.60. The molecular weight excluding hydrogens is 246 g/mol. The lowest BCUT2D eigenvalue weighted by Gasteiger charge is -2.33. The fraction of sp³-hybridized carbons (Fsp3) is 1.00. The zero-order valence-electron chi connectivity index (χ0n) is 13.7. The molecule has 0 spiro atoms. The van der Waals surface area contributed by atoms with Crippen molar-refractivity contribution in [1.29, 1.82) is 0 Å². The number of likely N-dealkylation sites (tertiary alicyclic amines) is 1. The summed E-state index contributed by atoms with van der Waals surface area (Å²) in [5.74, 6) is 0. The maximum atomic E-state index is 3.68. The molecule has 0 aromatic rings. The maximum Gasteiger partial charge on any atom is 0.0217 e. The first-order valence-electron chi connectivity index (χ1n) is 8.88. The van der Waals surface area contributed by atoms with Gasteiger partial charge < -0.3 is 15.1 Å². The first kappa shape index (κ1) is 16.3. The molecule has 0 bridgehead atoms. The van der Waals surface area contributed by atoms with E-state index in [1.165, 1.54) is 84.0 Å². The largest absolute Gasteiger partial charge is 0.315 e. The van der Waals surface area contributed by atoms with Gasteiger partial charge in [0, 0.05) is 18.6 Å². The third kappa shape index (κ3) is 5.34. The Morgan fingerprint density at radius 1 is 1.05 bits per heavy atom. The van der Waals surface area contributed by atoms with Crippen molar-refractivity contribution in [3.05, 3.63) is 0 Å². The van der Waals surface area contributed by atoms with Crippen molar-refractivity contribution in [2.24, 2.45) is 0 Å². The van der Waals surface area contributed by atoms with Crippen LogP contribution in [0.5, 0.6) is 0 Å². The highest BCUT2D eigenvalue weighted by Crippen LogP contribution is 2.21. The predicted molar refractivity (Wildman–Crippen MR) is 87.3 cm³/mol. The van der Waals surface area contributed by atoms with E-state index in [0.717, 1.165) is 12.1 Å². The molecule has 3 nitrogen and oxygen atoms in total. The molecule has 2 aliphatic rings. The molecular formula is C17H35N3. The van der Waals surface area contributed by atoms with E-state index in [9.17, 15) is 0 Å². The smallest absolute Gasteiger partial charge is 0.0217 e. The van der Waals surface area contributed by atoms with Crippen molar-refractivity contribution >= 4 is 0 Å². The second-order valence-electron chi connectivity index (χ2n) is 6.96. The van der Waals surface area contributed by atoms with Crippen LogP contribution >= 0.6 is 0 Å². The van der Waals surface area contributed by atoms with Gasteiger partial charge in [-0.15, -0.1) is 0 Å². The van der Waals surface area contributed by atoms with Gasteiger partial charge >= 0.3 is 0 Å². The molecule has 0 radical (unpaired) electrons. The number of rotatable bonds is 7. The molecule has 1 saturated carbocycles. The predicted octanol–water partition coefficient (Wildman–Crippen LogP) is 2.71. The summed E-state index contributed by atoms with van der Waals surface area (Å²) in [5, 5.41) is 3.68. The van der Waals surface area contributed by atoms with Crippen molar-refractivity contribution in [2.75, 3.05) is 40.3 Å². The quantitative estimate of drug-likeness (QED) is 0.724. The van der Waals surface area contributed by atoms with Crippen LogP contribution in [0.25, 0.3) is 0 Å². The van der Waals surface area contributed by atoms with Gasteiger partial charge in [0.25, 0.3) is 0 Å². The van der Waals surface area contributed by atoms with Gasteiger partial charge in [-0.2, -0.15) is 0 Å². The Morgan fingerprint density at radius 2 is 1.80 bits per heavy atom. The van der Waals surface area contributed by atoms with Gasteiger partial charge in [-0.3, -0.25) is 0 Å². The van der Waals surface area contributed by atoms with Crippen LogP contribution in [0.1, 0.15) is 57.8 Å². The summed E-state index contributed by atoms with van der Waals surface area (Å²) in [6.07, 6.45) is 12.7. The topological polar surface area (TPSA) is 18.5 Å². The summed E-state index contributed by atoms with van der Waals surface area (Å²) in [6, 6.07) is 1.65. The molecule has 1 N–H and O–H groups in total. The summed E-state index contributed by atoms with van der Waals surface area (Å²) < 4.78 is 0. The monoisotopic (exact) mass is 281 g/mol. The molecule has 1 aliphatic carbocycles. The van der Waals surface area contributed by atoms with Crippen molar-refractivity contribution in [2.45, 2.75) is 69.9 Å². The Bertz CT molecular complexity index is 251. The maximum absolute atomic E-state index is 3.68. The molecule has 2 fully saturated rings. The Hall–Kier alpha value is -0.120. The molecule has 3 heteroatoms. The minimum Gasteiger partial charge on any atom is -0.315 e. The van der Waals surface area contributed by atoms with Crippen LogP contribution in [0.3, 0.4) is 0 Å². The van der Waals surface area contributed by atoms with Gasteiger partial charge in [-0.1, -0.05) is 25.7 Å². The first-order chi connectivity index (χ1) is 9.77. The molecule has 118 valence electrons. The molecule has 1 aliphatic heterocycles. The van der Waals surface area contributed by atoms with Gasteiger partial charge in [-0.25, -0.2) is 0 Å². The number of hydrogen-bond donors (Lipinski definition) is 1. The lowest BCUT2D eigenvalue weighted by Crippen LogP contribution is -2.43. The van der Waals surface area contributed by atoms with Gasteiger partial charge in [0.1, 0.15) is 0 Å². The summed E-state index contributed by atoms with van der Waals surface area (Å²) in [4.78, 5) is 5.14. The molecule has 1 atom stereocenters. The first-order valence-corrected chi connectivity index (χ1v) is 8.88. The third-order valence-corrected chi connectivity index (χ3v) is 5.36. The number of piperidine rings is 1. The minimum atomic E-state index is 0.778. The van der Waals surface area contributed by atoms with Gasteiger partial charge in [0.15, 0.2) is 0 Å². The number of nitrogens with zero attached hydrogens (tertiary/aromatic N) is 2. The number of likely N-dealkylation sites (N-methyl/N-ethyl adjacent to an activating group) is 1. The standard InChI is InChI=1S/C17H35N3/c1-19(16-9-4-3-5-10-16)14-8-12-18-15-17-11-6-7-13-20(17)2/h16-18H,3-15H2,1-2H3. The second-order valence-corrected chi connectivity index (χ2v) is 6.96. The SMILES string of the molecule is CN(CCCNCC1CCCCN1C)C1CCCCC1. The zero-order chi connectivity index (χ0) is 14.2. The molecule has 1 saturated heterocycles. The minimum absolute atomic E-state index is 0.778. The fourth-order valence-electron chi connectivity index (χ4n) is 3.83. The summed E-state index contributed by atoms with van der Waals surface area (Å²) in [5.41, 5.74) is 0. The van der Waals surface area contributed by atoms with Crippen LogP contribution in [0.2, 0.25) is 0 Å². The lowest BCUT2D eigenvalue weighted by molar-refractivity contribution is 0.176. The Labute approximate surface area is 126 Å². The number of nitrogens with one attached hydrogen (secondary N) is 1. The van der Waals surface area contributed by atoms with Gasteiger partial charge in [-0.05, 0) is 65.8 Å². The van der Waals surface area contributed by atoms with E-state index >= 15 is 0 Å². The van der Waals surface area contributed by atoms with E-state index in [0.29, 0.717) is 0 Å². The molecule has 0 aromatic carbocycles. The van der Waals surface area contributed by atoms with Crippen LogP contribution in [-0.4, -0.2) is 62.2 Å². The Balaban J connectivity index is 1.50. The van der Waals surface area contributed by atoms with Crippen LogP contribution in [0.4, 0.5) is 0 Å². The molecule has 2 rings (SSSR count). The van der Waals surface area contributed by atoms with Crippen LogP contribution in [0, 0.1) is 0 Å². The summed E-state index contributed by atoms with van der Waals surface area (Å²) >= 11 is 0. The third-order valence-electron chi connectivity index (χ3n) is 5.36. The second kappa shape index (κ2) is 9.01. The molecule has 0 amide bonds. The van der Waals surface area contributed by atoms with E-state index in [1.54, 1.807) is 0 Å². The van der Waals surface area contributed by atoms with E-state index < -0.39 is 0 Å². The van der Waals surface area contributed by atoms with Crippen LogP contribution in [-0.2, 0) is 0 Å². The summed E-state index contributed by atoms with van der Waals surface area (Å²) in [6.45, 7) is 4.92. The van der Waals surface area contributed by atoms with Crippen molar-refractivity contribution in [3.8, 4) is 0 Å². The average molecular weight is 281 g/mol. The van der Waals surface area contributed by atoms with E-state index in [-0.39, 0.29) is 0 Å². The molecule has 0 aromatic heterocycles. The molecule has 1 heterocycles. The Morgan fingerprint density at radius 3 is 2.55 bits per heavy atom.